The first-order chi connectivity index (χ1) is 9.66. The van der Waals surface area contributed by atoms with Gasteiger partial charge in [-0.05, 0) is 45.4 Å². The molecule has 116 valence electrons. The number of aliphatic carboxylic acids is 1. The van der Waals surface area contributed by atoms with Crippen LogP contribution in [0, 0.1) is 0 Å². The molecule has 0 spiro atoms. The molecule has 0 heterocycles. The van der Waals surface area contributed by atoms with Crippen molar-refractivity contribution >= 4 is 5.97 Å². The maximum Gasteiger partial charge on any atom is 0.303 e. The van der Waals surface area contributed by atoms with Crippen LogP contribution in [0.25, 0.3) is 0 Å². The fourth-order valence-corrected chi connectivity index (χ4v) is 2.13. The second-order valence-electron chi connectivity index (χ2n) is 5.56. The molecule has 0 amide bonds. The SMILES string of the molecule is CCCCCCCC(C)=CCC=CCCCCC(=O)O. The van der Waals surface area contributed by atoms with Crippen molar-refractivity contribution in [3.05, 3.63) is 23.8 Å². The van der Waals surface area contributed by atoms with Crippen LogP contribution in [-0.2, 0) is 4.79 Å². The Hall–Kier alpha value is -1.05. The molecule has 0 aliphatic rings. The summed E-state index contributed by atoms with van der Waals surface area (Å²) in [7, 11) is 0. The van der Waals surface area contributed by atoms with Crippen LogP contribution in [0.15, 0.2) is 23.8 Å². The summed E-state index contributed by atoms with van der Waals surface area (Å²) in [6.07, 6.45) is 18.7. The lowest BCUT2D eigenvalue weighted by atomic mass is 10.1. The first-order valence-electron chi connectivity index (χ1n) is 8.19. The van der Waals surface area contributed by atoms with Gasteiger partial charge in [0.05, 0.1) is 0 Å². The number of carbonyl (C=O) groups is 1. The van der Waals surface area contributed by atoms with Crippen molar-refractivity contribution in [1.82, 2.24) is 0 Å². The average molecular weight is 280 g/mol. The minimum Gasteiger partial charge on any atom is -0.481 e. The van der Waals surface area contributed by atoms with Crippen LogP contribution in [0.1, 0.15) is 84.5 Å². The minimum absolute atomic E-state index is 0.297. The maximum absolute atomic E-state index is 10.3. The maximum atomic E-state index is 10.3. The van der Waals surface area contributed by atoms with Gasteiger partial charge in [-0.1, -0.05) is 56.4 Å². The molecule has 0 saturated heterocycles. The molecule has 2 heteroatoms. The molecule has 0 aromatic heterocycles. The number of carboxylic acids is 1. The van der Waals surface area contributed by atoms with Crippen LogP contribution >= 0.6 is 0 Å². The van der Waals surface area contributed by atoms with Crippen molar-refractivity contribution < 1.29 is 9.90 Å². The molecule has 0 atom stereocenters. The predicted molar refractivity (Wildman–Crippen MR) is 87.0 cm³/mol. The van der Waals surface area contributed by atoms with E-state index in [1.54, 1.807) is 0 Å². The van der Waals surface area contributed by atoms with Crippen molar-refractivity contribution in [2.24, 2.45) is 0 Å². The van der Waals surface area contributed by atoms with E-state index in [0.29, 0.717) is 6.42 Å². The third-order valence-corrected chi connectivity index (χ3v) is 3.46. The molecular weight excluding hydrogens is 248 g/mol. The molecule has 0 bridgehead atoms. The largest absolute Gasteiger partial charge is 0.481 e. The summed E-state index contributed by atoms with van der Waals surface area (Å²) in [5.74, 6) is -0.688. The Kier molecular flexibility index (Phi) is 13.6. The van der Waals surface area contributed by atoms with Crippen LogP contribution < -0.4 is 0 Å². The highest BCUT2D eigenvalue weighted by molar-refractivity contribution is 5.66. The van der Waals surface area contributed by atoms with Crippen LogP contribution in [0.5, 0.6) is 0 Å². The molecule has 0 rings (SSSR count). The van der Waals surface area contributed by atoms with Crippen LogP contribution in [0.3, 0.4) is 0 Å². The minimum atomic E-state index is -0.688. The quantitative estimate of drug-likeness (QED) is 0.337. The lowest BCUT2D eigenvalue weighted by molar-refractivity contribution is -0.137. The Morgan fingerprint density at radius 1 is 0.950 bits per heavy atom. The van der Waals surface area contributed by atoms with Gasteiger partial charge in [-0.25, -0.2) is 0 Å². The number of hydrogen-bond donors (Lipinski definition) is 1. The number of rotatable bonds is 13. The highest BCUT2D eigenvalue weighted by Gasteiger charge is 1.94. The molecule has 0 fully saturated rings. The van der Waals surface area contributed by atoms with Crippen LogP contribution in [0.2, 0.25) is 0 Å². The number of carboxylic acid groups (broad SMARTS) is 1. The number of hydrogen-bond acceptors (Lipinski definition) is 1. The smallest absolute Gasteiger partial charge is 0.303 e. The van der Waals surface area contributed by atoms with E-state index in [1.165, 1.54) is 44.1 Å². The summed E-state index contributed by atoms with van der Waals surface area (Å²) in [6, 6.07) is 0. The molecule has 0 unspecified atom stereocenters. The molecule has 0 aromatic rings. The second kappa shape index (κ2) is 14.4. The van der Waals surface area contributed by atoms with Gasteiger partial charge in [0.25, 0.3) is 0 Å². The van der Waals surface area contributed by atoms with Gasteiger partial charge in [0, 0.05) is 6.42 Å². The van der Waals surface area contributed by atoms with E-state index in [1.807, 2.05) is 0 Å². The van der Waals surface area contributed by atoms with Gasteiger partial charge in [0.2, 0.25) is 0 Å². The zero-order chi connectivity index (χ0) is 15.1. The number of allylic oxidation sites excluding steroid dienone is 4. The second-order valence-corrected chi connectivity index (χ2v) is 5.56. The van der Waals surface area contributed by atoms with Gasteiger partial charge in [-0.2, -0.15) is 0 Å². The van der Waals surface area contributed by atoms with E-state index in [9.17, 15) is 4.79 Å². The summed E-state index contributed by atoms with van der Waals surface area (Å²) in [5, 5.41) is 8.51. The Morgan fingerprint density at radius 3 is 2.35 bits per heavy atom. The Morgan fingerprint density at radius 2 is 1.65 bits per heavy atom. The third kappa shape index (κ3) is 15.0. The van der Waals surface area contributed by atoms with E-state index < -0.39 is 5.97 Å². The molecule has 0 radical (unpaired) electrons. The van der Waals surface area contributed by atoms with Crippen LogP contribution in [-0.4, -0.2) is 11.1 Å². The lowest BCUT2D eigenvalue weighted by Gasteiger charge is -2.01. The summed E-state index contributed by atoms with van der Waals surface area (Å²) in [5.41, 5.74) is 1.50. The van der Waals surface area contributed by atoms with Crippen molar-refractivity contribution in [2.45, 2.75) is 84.5 Å². The molecule has 0 saturated carbocycles. The normalized spacial score (nSPS) is 12.2. The summed E-state index contributed by atoms with van der Waals surface area (Å²) in [6.45, 7) is 4.47. The highest BCUT2D eigenvalue weighted by atomic mass is 16.4. The van der Waals surface area contributed by atoms with Gasteiger partial charge in [0.15, 0.2) is 0 Å². The first kappa shape index (κ1) is 18.9. The molecule has 0 aliphatic carbocycles. The standard InChI is InChI=1S/C18H32O2/c1-3-4-5-8-11-14-17(2)15-12-9-6-7-10-13-16-18(19)20/h6,9,15H,3-5,7-8,10-14,16H2,1-2H3,(H,19,20). The third-order valence-electron chi connectivity index (χ3n) is 3.46. The topological polar surface area (TPSA) is 37.3 Å². The van der Waals surface area contributed by atoms with Crippen molar-refractivity contribution in [3.63, 3.8) is 0 Å². The molecular formula is C18H32O2. The van der Waals surface area contributed by atoms with Crippen molar-refractivity contribution in [3.8, 4) is 0 Å². The van der Waals surface area contributed by atoms with E-state index >= 15 is 0 Å². The summed E-state index contributed by atoms with van der Waals surface area (Å²) in [4.78, 5) is 10.3. The molecule has 0 aliphatic heterocycles. The van der Waals surface area contributed by atoms with Gasteiger partial charge in [-0.3, -0.25) is 4.79 Å². The number of unbranched alkanes of at least 4 members (excludes halogenated alkanes) is 6. The fraction of sp³-hybridized carbons (Fsp3) is 0.722. The predicted octanol–water partition coefficient (Wildman–Crippen LogP) is 5.88. The zero-order valence-electron chi connectivity index (χ0n) is 13.4. The first-order valence-corrected chi connectivity index (χ1v) is 8.19. The molecule has 2 nitrogen and oxygen atoms in total. The molecule has 20 heavy (non-hydrogen) atoms. The fourth-order valence-electron chi connectivity index (χ4n) is 2.13. The van der Waals surface area contributed by atoms with E-state index in [4.69, 9.17) is 5.11 Å². The Labute approximate surface area is 125 Å². The van der Waals surface area contributed by atoms with Crippen molar-refractivity contribution in [1.29, 1.82) is 0 Å². The van der Waals surface area contributed by atoms with Gasteiger partial charge in [-0.15, -0.1) is 0 Å². The monoisotopic (exact) mass is 280 g/mol. The van der Waals surface area contributed by atoms with E-state index in [2.05, 4.69) is 32.1 Å². The van der Waals surface area contributed by atoms with Gasteiger partial charge < -0.3 is 5.11 Å². The van der Waals surface area contributed by atoms with Crippen LogP contribution in [0.4, 0.5) is 0 Å². The van der Waals surface area contributed by atoms with E-state index in [0.717, 1.165) is 25.7 Å². The summed E-state index contributed by atoms with van der Waals surface area (Å²) < 4.78 is 0. The van der Waals surface area contributed by atoms with Gasteiger partial charge in [0.1, 0.15) is 0 Å². The highest BCUT2D eigenvalue weighted by Crippen LogP contribution is 2.11. The molecule has 0 aromatic carbocycles. The summed E-state index contributed by atoms with van der Waals surface area (Å²) >= 11 is 0. The van der Waals surface area contributed by atoms with Crippen molar-refractivity contribution in [2.75, 3.05) is 0 Å². The average Bonchev–Trinajstić information content (AvgIpc) is 2.41. The van der Waals surface area contributed by atoms with E-state index in [-0.39, 0.29) is 0 Å². The zero-order valence-corrected chi connectivity index (χ0v) is 13.4. The molecule has 1 N–H and O–H groups in total. The Bertz CT molecular complexity index is 290. The lowest BCUT2D eigenvalue weighted by Crippen LogP contribution is -1.92. The van der Waals surface area contributed by atoms with Gasteiger partial charge >= 0.3 is 5.97 Å². The Balaban J connectivity index is 3.45.